The molecule has 2 amide bonds. The smallest absolute Gasteiger partial charge is 0.335 e. The Hall–Kier alpha value is -3.46. The highest BCUT2D eigenvalue weighted by Gasteiger charge is 2.36. The van der Waals surface area contributed by atoms with Gasteiger partial charge in [-0.25, -0.2) is 4.79 Å². The first kappa shape index (κ1) is 24.7. The third-order valence-electron chi connectivity index (χ3n) is 5.73. The zero-order valence-corrected chi connectivity index (χ0v) is 21.2. The van der Waals surface area contributed by atoms with Crippen LogP contribution in [0, 0.1) is 20.8 Å². The predicted octanol–water partition coefficient (Wildman–Crippen LogP) is 5.24. The van der Waals surface area contributed by atoms with Crippen molar-refractivity contribution < 1.29 is 19.5 Å². The van der Waals surface area contributed by atoms with Gasteiger partial charge in [0, 0.05) is 17.1 Å². The highest BCUT2D eigenvalue weighted by molar-refractivity contribution is 7.80. The van der Waals surface area contributed by atoms with Gasteiger partial charge >= 0.3 is 5.97 Å². The summed E-state index contributed by atoms with van der Waals surface area (Å²) in [5.74, 6) is -2.26. The van der Waals surface area contributed by atoms with Crippen LogP contribution in [-0.4, -0.2) is 32.6 Å². The third-order valence-corrected chi connectivity index (χ3v) is 6.82. The van der Waals surface area contributed by atoms with Crippen LogP contribution in [0.4, 0.5) is 5.69 Å². The molecule has 0 aliphatic carbocycles. The molecular weight excluding hydrogens is 509 g/mol. The summed E-state index contributed by atoms with van der Waals surface area (Å²) in [5.41, 5.74) is 4.15. The SMILES string of the molecule is Cc1cc(C(=O)O)ccc1-n1c(C)cc(/C=C2\C(=O)NC(=S)N(c3cccc(Cl)c3Cl)C2=O)c1C. The van der Waals surface area contributed by atoms with E-state index in [4.69, 9.17) is 35.4 Å². The maximum absolute atomic E-state index is 13.4. The lowest BCUT2D eigenvalue weighted by molar-refractivity contribution is -0.122. The van der Waals surface area contributed by atoms with Crippen LogP contribution in [0.5, 0.6) is 0 Å². The largest absolute Gasteiger partial charge is 0.478 e. The third kappa shape index (κ3) is 4.36. The Kier molecular flexibility index (Phi) is 6.55. The van der Waals surface area contributed by atoms with Crippen LogP contribution in [-0.2, 0) is 9.59 Å². The van der Waals surface area contributed by atoms with Crippen molar-refractivity contribution in [1.29, 1.82) is 0 Å². The fourth-order valence-corrected chi connectivity index (χ4v) is 4.69. The maximum Gasteiger partial charge on any atom is 0.335 e. The van der Waals surface area contributed by atoms with Crippen LogP contribution < -0.4 is 10.2 Å². The number of anilines is 1. The van der Waals surface area contributed by atoms with Gasteiger partial charge in [-0.3, -0.25) is 19.8 Å². The first-order valence-electron chi connectivity index (χ1n) is 10.4. The van der Waals surface area contributed by atoms with Crippen molar-refractivity contribution >= 4 is 70.1 Å². The number of nitrogens with one attached hydrogen (secondary N) is 1. The molecule has 1 fully saturated rings. The van der Waals surface area contributed by atoms with E-state index >= 15 is 0 Å². The summed E-state index contributed by atoms with van der Waals surface area (Å²) in [6.07, 6.45) is 1.50. The lowest BCUT2D eigenvalue weighted by Crippen LogP contribution is -2.54. The second-order valence-corrected chi connectivity index (χ2v) is 9.17. The molecule has 1 aromatic heterocycles. The number of aromatic carboxylic acids is 1. The molecule has 0 saturated carbocycles. The fourth-order valence-electron chi connectivity index (χ4n) is 4.04. The highest BCUT2D eigenvalue weighted by Crippen LogP contribution is 2.35. The maximum atomic E-state index is 13.4. The van der Waals surface area contributed by atoms with Gasteiger partial charge in [-0.05, 0) is 86.6 Å². The first-order valence-corrected chi connectivity index (χ1v) is 11.6. The number of nitrogens with zero attached hydrogens (tertiary/aromatic N) is 2. The van der Waals surface area contributed by atoms with E-state index in [2.05, 4.69) is 5.32 Å². The monoisotopic (exact) mass is 527 g/mol. The van der Waals surface area contributed by atoms with Gasteiger partial charge in [0.05, 0.1) is 21.3 Å². The van der Waals surface area contributed by atoms with Gasteiger partial charge in [0.15, 0.2) is 5.11 Å². The van der Waals surface area contributed by atoms with Gasteiger partial charge in [-0.15, -0.1) is 0 Å². The standard InChI is InChI=1S/C25H19Cl2N3O4S/c1-12-9-15(24(33)34)7-8-19(12)29-13(2)10-16(14(29)3)11-17-22(31)28-25(35)30(23(17)32)20-6-4-5-18(26)21(20)27/h4-11H,1-3H3,(H,33,34)(H,28,31,35)/b17-11+. The van der Waals surface area contributed by atoms with Gasteiger partial charge in [0.2, 0.25) is 0 Å². The molecule has 0 bridgehead atoms. The molecule has 0 atom stereocenters. The Balaban J connectivity index is 1.79. The van der Waals surface area contributed by atoms with Crippen molar-refractivity contribution in [2.45, 2.75) is 20.8 Å². The molecule has 0 radical (unpaired) electrons. The molecule has 2 aromatic carbocycles. The fraction of sp³-hybridized carbons (Fsp3) is 0.120. The van der Waals surface area contributed by atoms with E-state index in [-0.39, 0.29) is 32.0 Å². The molecule has 7 nitrogen and oxygen atoms in total. The molecule has 178 valence electrons. The van der Waals surface area contributed by atoms with Crippen molar-refractivity contribution in [3.63, 3.8) is 0 Å². The van der Waals surface area contributed by atoms with E-state index in [1.165, 1.54) is 12.1 Å². The van der Waals surface area contributed by atoms with E-state index in [0.29, 0.717) is 5.56 Å². The molecule has 0 unspecified atom stereocenters. The average Bonchev–Trinajstić information content (AvgIpc) is 3.06. The second kappa shape index (κ2) is 9.30. The number of carbonyl (C=O) groups is 3. The molecule has 1 aliphatic heterocycles. The Morgan fingerprint density at radius 1 is 1.06 bits per heavy atom. The Labute approximate surface area is 216 Å². The zero-order valence-electron chi connectivity index (χ0n) is 18.8. The number of aryl methyl sites for hydroxylation is 2. The van der Waals surface area contributed by atoms with E-state index < -0.39 is 17.8 Å². The van der Waals surface area contributed by atoms with E-state index in [9.17, 15) is 19.5 Å². The van der Waals surface area contributed by atoms with Crippen LogP contribution in [0.1, 0.15) is 32.9 Å². The average molecular weight is 528 g/mol. The minimum Gasteiger partial charge on any atom is -0.478 e. The predicted molar refractivity (Wildman–Crippen MR) is 140 cm³/mol. The minimum absolute atomic E-state index is 0.0964. The van der Waals surface area contributed by atoms with Crippen molar-refractivity contribution in [2.24, 2.45) is 0 Å². The number of amides is 2. The van der Waals surface area contributed by atoms with Crippen molar-refractivity contribution in [2.75, 3.05) is 4.90 Å². The number of rotatable bonds is 4. The Bertz CT molecular complexity index is 1480. The number of aromatic nitrogens is 1. The van der Waals surface area contributed by atoms with Crippen LogP contribution in [0.15, 0.2) is 48.0 Å². The molecule has 0 spiro atoms. The Morgan fingerprint density at radius 3 is 2.43 bits per heavy atom. The minimum atomic E-state index is -1.00. The summed E-state index contributed by atoms with van der Waals surface area (Å²) < 4.78 is 1.94. The van der Waals surface area contributed by atoms with Gasteiger partial charge in [0.1, 0.15) is 5.57 Å². The number of carbonyl (C=O) groups excluding carboxylic acids is 2. The lowest BCUT2D eigenvalue weighted by atomic mass is 10.1. The highest BCUT2D eigenvalue weighted by atomic mass is 35.5. The molecule has 1 aliphatic rings. The quantitative estimate of drug-likeness (QED) is 0.275. The number of benzene rings is 2. The molecule has 4 rings (SSSR count). The lowest BCUT2D eigenvalue weighted by Gasteiger charge is -2.29. The molecule has 35 heavy (non-hydrogen) atoms. The molecular formula is C25H19Cl2N3O4S. The van der Waals surface area contributed by atoms with Crippen LogP contribution >= 0.6 is 35.4 Å². The number of carboxylic acids is 1. The molecule has 1 saturated heterocycles. The zero-order chi connectivity index (χ0) is 25.6. The topological polar surface area (TPSA) is 91.6 Å². The number of carboxylic acid groups (broad SMARTS) is 1. The summed E-state index contributed by atoms with van der Waals surface area (Å²) in [6, 6.07) is 11.5. The van der Waals surface area contributed by atoms with Crippen molar-refractivity contribution in [3.8, 4) is 5.69 Å². The molecule has 3 aromatic rings. The van der Waals surface area contributed by atoms with Gasteiger partial charge < -0.3 is 9.67 Å². The van der Waals surface area contributed by atoms with E-state index in [1.807, 2.05) is 31.4 Å². The number of hydrogen-bond donors (Lipinski definition) is 2. The van der Waals surface area contributed by atoms with Crippen LogP contribution in [0.3, 0.4) is 0 Å². The number of halogens is 2. The van der Waals surface area contributed by atoms with Crippen LogP contribution in [0.25, 0.3) is 11.8 Å². The summed E-state index contributed by atoms with van der Waals surface area (Å²) >= 11 is 17.7. The number of hydrogen-bond acceptors (Lipinski definition) is 4. The van der Waals surface area contributed by atoms with E-state index in [1.54, 1.807) is 30.3 Å². The summed E-state index contributed by atoms with van der Waals surface area (Å²) in [6.45, 7) is 5.56. The second-order valence-electron chi connectivity index (χ2n) is 8.00. The molecule has 2 N–H and O–H groups in total. The molecule has 10 heteroatoms. The Morgan fingerprint density at radius 2 is 1.77 bits per heavy atom. The summed E-state index contributed by atoms with van der Waals surface area (Å²) in [4.78, 5) is 38.6. The van der Waals surface area contributed by atoms with Crippen LogP contribution in [0.2, 0.25) is 10.0 Å². The van der Waals surface area contributed by atoms with Gasteiger partial charge in [-0.1, -0.05) is 29.3 Å². The van der Waals surface area contributed by atoms with E-state index in [0.717, 1.165) is 27.5 Å². The van der Waals surface area contributed by atoms with Crippen molar-refractivity contribution in [3.05, 3.63) is 86.2 Å². The summed E-state index contributed by atoms with van der Waals surface area (Å²) in [5, 5.41) is 12.1. The molecule has 2 heterocycles. The van der Waals surface area contributed by atoms with Gasteiger partial charge in [-0.2, -0.15) is 0 Å². The first-order chi connectivity index (χ1) is 16.5. The van der Waals surface area contributed by atoms with Crippen molar-refractivity contribution in [1.82, 2.24) is 9.88 Å². The van der Waals surface area contributed by atoms with Gasteiger partial charge in [0.25, 0.3) is 11.8 Å². The normalized spacial score (nSPS) is 15.1. The summed E-state index contributed by atoms with van der Waals surface area (Å²) in [7, 11) is 0. The number of thiocarbonyl (C=S) groups is 1.